The normalized spacial score (nSPS) is 10.4. The number of aryl methyl sites for hydroxylation is 1. The molecule has 3 rings (SSSR count). The van der Waals surface area contributed by atoms with Crippen LogP contribution in [0.4, 0.5) is 5.69 Å². The van der Waals surface area contributed by atoms with Crippen molar-refractivity contribution in [3.63, 3.8) is 0 Å². The number of benzene rings is 2. The van der Waals surface area contributed by atoms with Gasteiger partial charge in [-0.2, -0.15) is 5.10 Å². The first kappa shape index (κ1) is 19.7. The fraction of sp³-hybridized carbons (Fsp3) is 0.150. The van der Waals surface area contributed by atoms with Gasteiger partial charge in [-0.05, 0) is 19.1 Å². The summed E-state index contributed by atoms with van der Waals surface area (Å²) < 4.78 is 11.0. The molecule has 9 heteroatoms. The first-order valence-electron chi connectivity index (χ1n) is 8.49. The maximum atomic E-state index is 12.6. The lowest BCUT2D eigenvalue weighted by atomic mass is 10.0. The molecule has 0 N–H and O–H groups in total. The molecule has 0 aliphatic rings. The van der Waals surface area contributed by atoms with Crippen LogP contribution in [0.5, 0.6) is 0 Å². The summed E-state index contributed by atoms with van der Waals surface area (Å²) in [5, 5.41) is 15.8. The lowest BCUT2D eigenvalue weighted by Crippen LogP contribution is -2.15. The Labute approximate surface area is 165 Å². The van der Waals surface area contributed by atoms with Crippen LogP contribution in [0, 0.1) is 17.0 Å². The molecular weight excluding hydrogens is 378 g/mol. The van der Waals surface area contributed by atoms with Crippen molar-refractivity contribution in [2.45, 2.75) is 6.92 Å². The number of nitrogens with zero attached hydrogens (tertiary/aromatic N) is 3. The first-order valence-corrected chi connectivity index (χ1v) is 8.49. The molecule has 3 aromatic rings. The molecule has 1 heterocycles. The third kappa shape index (κ3) is 3.57. The molecule has 0 atom stereocenters. The van der Waals surface area contributed by atoms with Crippen LogP contribution >= 0.6 is 0 Å². The summed E-state index contributed by atoms with van der Waals surface area (Å²) in [6, 6.07) is 13.1. The van der Waals surface area contributed by atoms with Crippen LogP contribution in [0.15, 0.2) is 48.5 Å². The van der Waals surface area contributed by atoms with Gasteiger partial charge in [0.05, 0.1) is 24.8 Å². The molecule has 29 heavy (non-hydrogen) atoms. The van der Waals surface area contributed by atoms with Crippen molar-refractivity contribution in [1.29, 1.82) is 0 Å². The lowest BCUT2D eigenvalue weighted by molar-refractivity contribution is -0.385. The second-order valence-electron chi connectivity index (χ2n) is 6.06. The average molecular weight is 395 g/mol. The maximum absolute atomic E-state index is 12.6. The summed E-state index contributed by atoms with van der Waals surface area (Å²) >= 11 is 0. The highest BCUT2D eigenvalue weighted by Crippen LogP contribution is 2.32. The molecule has 0 saturated heterocycles. The van der Waals surface area contributed by atoms with Gasteiger partial charge < -0.3 is 9.47 Å². The Balaban J connectivity index is 2.37. The van der Waals surface area contributed by atoms with E-state index in [-0.39, 0.29) is 22.6 Å². The Morgan fingerprint density at radius 3 is 2.28 bits per heavy atom. The van der Waals surface area contributed by atoms with Crippen LogP contribution in [0.1, 0.15) is 26.4 Å². The number of para-hydroxylation sites is 1. The molecule has 0 unspecified atom stereocenters. The highest BCUT2D eigenvalue weighted by molar-refractivity contribution is 6.06. The van der Waals surface area contributed by atoms with Crippen LogP contribution in [-0.2, 0) is 9.47 Å². The van der Waals surface area contributed by atoms with Gasteiger partial charge in [-0.25, -0.2) is 14.3 Å². The van der Waals surface area contributed by atoms with Crippen molar-refractivity contribution in [3.05, 3.63) is 75.5 Å². The Morgan fingerprint density at radius 1 is 1.03 bits per heavy atom. The van der Waals surface area contributed by atoms with E-state index in [2.05, 4.69) is 5.10 Å². The van der Waals surface area contributed by atoms with E-state index in [1.807, 2.05) is 0 Å². The van der Waals surface area contributed by atoms with Crippen LogP contribution in [0.25, 0.3) is 16.9 Å². The first-order chi connectivity index (χ1) is 13.9. The number of carbonyl (C=O) groups is 2. The Hall–Kier alpha value is -4.01. The zero-order valence-corrected chi connectivity index (χ0v) is 15.9. The molecule has 2 aromatic carbocycles. The smallest absolute Gasteiger partial charge is 0.357 e. The third-order valence-corrected chi connectivity index (χ3v) is 4.33. The average Bonchev–Trinajstić information content (AvgIpc) is 3.14. The maximum Gasteiger partial charge on any atom is 0.357 e. The highest BCUT2D eigenvalue weighted by Gasteiger charge is 2.31. The number of nitro groups is 1. The van der Waals surface area contributed by atoms with E-state index in [0.29, 0.717) is 16.8 Å². The van der Waals surface area contributed by atoms with Crippen molar-refractivity contribution >= 4 is 17.6 Å². The Morgan fingerprint density at radius 2 is 1.69 bits per heavy atom. The molecule has 0 amide bonds. The van der Waals surface area contributed by atoms with Gasteiger partial charge in [0.25, 0.3) is 5.69 Å². The van der Waals surface area contributed by atoms with Crippen molar-refractivity contribution in [2.75, 3.05) is 14.2 Å². The molecule has 1 aromatic heterocycles. The summed E-state index contributed by atoms with van der Waals surface area (Å²) in [6.07, 6.45) is 0. The fourth-order valence-corrected chi connectivity index (χ4v) is 2.91. The molecule has 0 fully saturated rings. The van der Waals surface area contributed by atoms with Gasteiger partial charge in [-0.3, -0.25) is 10.1 Å². The number of nitro benzene ring substituents is 1. The molecule has 0 spiro atoms. The predicted octanol–water partition coefficient (Wildman–Crippen LogP) is 3.33. The summed E-state index contributed by atoms with van der Waals surface area (Å²) in [5.41, 5.74) is 0.920. The number of hydrogen-bond acceptors (Lipinski definition) is 7. The van der Waals surface area contributed by atoms with E-state index < -0.39 is 16.9 Å². The van der Waals surface area contributed by atoms with Gasteiger partial charge in [-0.1, -0.05) is 30.3 Å². The van der Waals surface area contributed by atoms with Crippen molar-refractivity contribution in [2.24, 2.45) is 0 Å². The van der Waals surface area contributed by atoms with Gasteiger partial charge in [0, 0.05) is 17.2 Å². The number of ether oxygens (including phenoxy) is 2. The van der Waals surface area contributed by atoms with E-state index in [9.17, 15) is 19.7 Å². The largest absolute Gasteiger partial charge is 0.465 e. The number of rotatable bonds is 5. The predicted molar refractivity (Wildman–Crippen MR) is 103 cm³/mol. The van der Waals surface area contributed by atoms with E-state index in [1.54, 1.807) is 49.4 Å². The van der Waals surface area contributed by atoms with Gasteiger partial charge in [0.1, 0.15) is 11.3 Å². The monoisotopic (exact) mass is 395 g/mol. The summed E-state index contributed by atoms with van der Waals surface area (Å²) in [7, 11) is 2.35. The fourth-order valence-electron chi connectivity index (χ4n) is 2.91. The molecule has 148 valence electrons. The van der Waals surface area contributed by atoms with Gasteiger partial charge in [0.2, 0.25) is 0 Å². The minimum atomic E-state index is -0.814. The van der Waals surface area contributed by atoms with Crippen LogP contribution in [0.2, 0.25) is 0 Å². The molecule has 0 saturated carbocycles. The Kier molecular flexibility index (Phi) is 5.40. The SMILES string of the molecule is COC(=O)c1c(-c2ccc(C)c([N+](=O)[O-])c2)nn(-c2ccccc2)c1C(=O)OC. The molecule has 0 bridgehead atoms. The van der Waals surface area contributed by atoms with Crippen LogP contribution in [0.3, 0.4) is 0 Å². The van der Waals surface area contributed by atoms with Crippen LogP contribution in [-0.4, -0.2) is 40.9 Å². The number of hydrogen-bond donors (Lipinski definition) is 0. The van der Waals surface area contributed by atoms with Crippen molar-refractivity contribution < 1.29 is 24.0 Å². The minimum Gasteiger partial charge on any atom is -0.465 e. The zero-order valence-electron chi connectivity index (χ0n) is 15.9. The zero-order chi connectivity index (χ0) is 21.1. The lowest BCUT2D eigenvalue weighted by Gasteiger charge is -2.07. The molecular formula is C20H17N3O6. The van der Waals surface area contributed by atoms with Crippen molar-refractivity contribution in [3.8, 4) is 16.9 Å². The summed E-state index contributed by atoms with van der Waals surface area (Å²) in [6.45, 7) is 1.60. The van der Waals surface area contributed by atoms with E-state index in [1.165, 1.54) is 25.0 Å². The van der Waals surface area contributed by atoms with Crippen LogP contribution < -0.4 is 0 Å². The second-order valence-corrected chi connectivity index (χ2v) is 6.06. The number of aromatic nitrogens is 2. The molecule has 9 nitrogen and oxygen atoms in total. The van der Waals surface area contributed by atoms with E-state index in [0.717, 1.165) is 0 Å². The highest BCUT2D eigenvalue weighted by atomic mass is 16.6. The van der Waals surface area contributed by atoms with E-state index in [4.69, 9.17) is 9.47 Å². The molecule has 0 radical (unpaired) electrons. The number of carbonyl (C=O) groups excluding carboxylic acids is 2. The van der Waals surface area contributed by atoms with Gasteiger partial charge in [-0.15, -0.1) is 0 Å². The quantitative estimate of drug-likeness (QED) is 0.370. The number of esters is 2. The standard InChI is InChI=1S/C20H17N3O6/c1-12-9-10-13(11-15(12)23(26)27)17-16(19(24)28-2)18(20(25)29-3)22(21-17)14-7-5-4-6-8-14/h4-11H,1-3H3. The van der Waals surface area contributed by atoms with Gasteiger partial charge in [0.15, 0.2) is 5.69 Å². The summed E-state index contributed by atoms with van der Waals surface area (Å²) in [5.74, 6) is -1.61. The Bertz CT molecular complexity index is 1100. The topological polar surface area (TPSA) is 114 Å². The molecule has 0 aliphatic heterocycles. The van der Waals surface area contributed by atoms with Crippen molar-refractivity contribution in [1.82, 2.24) is 9.78 Å². The molecule has 0 aliphatic carbocycles. The second kappa shape index (κ2) is 7.93. The van der Waals surface area contributed by atoms with E-state index >= 15 is 0 Å². The third-order valence-electron chi connectivity index (χ3n) is 4.33. The van der Waals surface area contributed by atoms with Gasteiger partial charge >= 0.3 is 11.9 Å². The number of methoxy groups -OCH3 is 2. The minimum absolute atomic E-state index is 0.0733. The summed E-state index contributed by atoms with van der Waals surface area (Å²) in [4.78, 5) is 35.9.